The van der Waals surface area contributed by atoms with Crippen LogP contribution in [0, 0.1) is 6.92 Å². The summed E-state index contributed by atoms with van der Waals surface area (Å²) in [6, 6.07) is 1.24. The highest BCUT2D eigenvalue weighted by Crippen LogP contribution is 2.18. The second-order valence-electron chi connectivity index (χ2n) is 4.37. The molecule has 92 valence electrons. The molecule has 1 fully saturated rings. The third-order valence-corrected chi connectivity index (χ3v) is 3.92. The van der Waals surface area contributed by atoms with E-state index in [-0.39, 0.29) is 12.4 Å². The lowest BCUT2D eigenvalue weighted by Crippen LogP contribution is -2.54. The van der Waals surface area contributed by atoms with Gasteiger partial charge in [-0.3, -0.25) is 4.90 Å². The summed E-state index contributed by atoms with van der Waals surface area (Å²) in [6.45, 7) is 9.89. The van der Waals surface area contributed by atoms with Crippen LogP contribution in [0.5, 0.6) is 0 Å². The van der Waals surface area contributed by atoms with Crippen LogP contribution < -0.4 is 5.32 Å². The van der Waals surface area contributed by atoms with Crippen molar-refractivity contribution in [3.05, 3.63) is 16.1 Å². The second-order valence-corrected chi connectivity index (χ2v) is 5.69. The van der Waals surface area contributed by atoms with Gasteiger partial charge in [0.25, 0.3) is 0 Å². The smallest absolute Gasteiger partial charge is 0.0897 e. The summed E-state index contributed by atoms with van der Waals surface area (Å²) < 4.78 is 0. The number of aryl methyl sites for hydroxylation is 1. The van der Waals surface area contributed by atoms with Crippen molar-refractivity contribution < 1.29 is 0 Å². The average molecular weight is 262 g/mol. The molecule has 2 heterocycles. The summed E-state index contributed by atoms with van der Waals surface area (Å²) in [5.41, 5.74) is 0. The van der Waals surface area contributed by atoms with Crippen LogP contribution in [-0.4, -0.2) is 35.1 Å². The maximum atomic E-state index is 4.31. The molecule has 2 atom stereocenters. The van der Waals surface area contributed by atoms with Gasteiger partial charge < -0.3 is 5.32 Å². The van der Waals surface area contributed by atoms with Crippen molar-refractivity contribution in [1.82, 2.24) is 15.2 Å². The highest BCUT2D eigenvalue weighted by Gasteiger charge is 2.24. The number of thiazole rings is 1. The molecule has 5 heteroatoms. The number of hydrogen-bond donors (Lipinski definition) is 1. The number of halogens is 1. The van der Waals surface area contributed by atoms with E-state index in [2.05, 4.69) is 36.0 Å². The number of piperazine rings is 1. The predicted molar refractivity (Wildman–Crippen MR) is 71.4 cm³/mol. The minimum Gasteiger partial charge on any atom is -0.314 e. The fourth-order valence-electron chi connectivity index (χ4n) is 2.14. The SMILES string of the molecule is Cc1ncc(CN2[C@H](C)CNC[C@@H]2C)s1.Cl. The topological polar surface area (TPSA) is 28.2 Å². The van der Waals surface area contributed by atoms with Gasteiger partial charge in [-0.1, -0.05) is 0 Å². The number of rotatable bonds is 2. The normalized spacial score (nSPS) is 26.4. The van der Waals surface area contributed by atoms with Crippen molar-refractivity contribution in [3.8, 4) is 0 Å². The van der Waals surface area contributed by atoms with E-state index in [0.717, 1.165) is 19.6 Å². The van der Waals surface area contributed by atoms with Crippen LogP contribution in [0.3, 0.4) is 0 Å². The molecule has 1 saturated heterocycles. The Hall–Kier alpha value is -0.160. The van der Waals surface area contributed by atoms with Crippen LogP contribution in [0.4, 0.5) is 0 Å². The van der Waals surface area contributed by atoms with E-state index in [9.17, 15) is 0 Å². The number of nitrogens with zero attached hydrogens (tertiary/aromatic N) is 2. The maximum absolute atomic E-state index is 4.31. The standard InChI is InChI=1S/C11H19N3S.ClH/c1-8-4-12-5-9(2)14(8)7-11-6-13-10(3)15-11;/h6,8-9,12H,4-5,7H2,1-3H3;1H/t8-,9+;. The van der Waals surface area contributed by atoms with Crippen molar-refractivity contribution in [2.45, 2.75) is 39.4 Å². The van der Waals surface area contributed by atoms with Gasteiger partial charge in [0.05, 0.1) is 5.01 Å². The minimum atomic E-state index is 0. The summed E-state index contributed by atoms with van der Waals surface area (Å²) in [4.78, 5) is 8.25. The lowest BCUT2D eigenvalue weighted by atomic mass is 10.1. The number of nitrogens with one attached hydrogen (secondary N) is 1. The van der Waals surface area contributed by atoms with E-state index in [1.165, 1.54) is 9.88 Å². The first-order chi connectivity index (χ1) is 7.16. The van der Waals surface area contributed by atoms with Gasteiger partial charge in [0.2, 0.25) is 0 Å². The zero-order valence-corrected chi connectivity index (χ0v) is 11.7. The molecule has 1 aromatic heterocycles. The molecule has 0 spiro atoms. The summed E-state index contributed by atoms with van der Waals surface area (Å²) in [6.07, 6.45) is 2.02. The van der Waals surface area contributed by atoms with Gasteiger partial charge in [-0.2, -0.15) is 0 Å². The second kappa shape index (κ2) is 5.96. The van der Waals surface area contributed by atoms with Crippen LogP contribution in [0.1, 0.15) is 23.7 Å². The summed E-state index contributed by atoms with van der Waals surface area (Å²) in [5.74, 6) is 0. The molecule has 0 unspecified atom stereocenters. The first-order valence-electron chi connectivity index (χ1n) is 5.54. The Morgan fingerprint density at radius 2 is 2.06 bits per heavy atom. The monoisotopic (exact) mass is 261 g/mol. The summed E-state index contributed by atoms with van der Waals surface area (Å²) >= 11 is 1.81. The Labute approximate surface area is 108 Å². The van der Waals surface area contributed by atoms with Crippen molar-refractivity contribution in [2.75, 3.05) is 13.1 Å². The third-order valence-electron chi connectivity index (χ3n) is 3.02. The van der Waals surface area contributed by atoms with Gasteiger partial charge in [0.15, 0.2) is 0 Å². The quantitative estimate of drug-likeness (QED) is 0.883. The van der Waals surface area contributed by atoms with E-state index >= 15 is 0 Å². The molecule has 3 nitrogen and oxygen atoms in total. The van der Waals surface area contributed by atoms with Crippen molar-refractivity contribution in [2.24, 2.45) is 0 Å². The number of aromatic nitrogens is 1. The van der Waals surface area contributed by atoms with E-state index < -0.39 is 0 Å². The van der Waals surface area contributed by atoms with Gasteiger partial charge in [0.1, 0.15) is 0 Å². The molecule has 16 heavy (non-hydrogen) atoms. The van der Waals surface area contributed by atoms with Crippen LogP contribution in [-0.2, 0) is 6.54 Å². The lowest BCUT2D eigenvalue weighted by molar-refractivity contribution is 0.110. The molecule has 1 aliphatic rings. The zero-order chi connectivity index (χ0) is 10.8. The van der Waals surface area contributed by atoms with Crippen LogP contribution >= 0.6 is 23.7 Å². The van der Waals surface area contributed by atoms with Gasteiger partial charge >= 0.3 is 0 Å². The van der Waals surface area contributed by atoms with E-state index in [1.807, 2.05) is 17.5 Å². The van der Waals surface area contributed by atoms with E-state index in [0.29, 0.717) is 12.1 Å². The molecule has 0 aliphatic carbocycles. The molecule has 2 rings (SSSR count). The summed E-state index contributed by atoms with van der Waals surface area (Å²) in [5, 5.41) is 4.62. The molecule has 1 N–H and O–H groups in total. The fraction of sp³-hybridized carbons (Fsp3) is 0.727. The fourth-order valence-corrected chi connectivity index (χ4v) is 2.94. The minimum absolute atomic E-state index is 0. The first kappa shape index (κ1) is 13.9. The predicted octanol–water partition coefficient (Wildman–Crippen LogP) is 2.06. The molecule has 0 radical (unpaired) electrons. The molecular weight excluding hydrogens is 242 g/mol. The van der Waals surface area contributed by atoms with Crippen LogP contribution in [0.2, 0.25) is 0 Å². The summed E-state index contributed by atoms with van der Waals surface area (Å²) in [7, 11) is 0. The third kappa shape index (κ3) is 3.17. The highest BCUT2D eigenvalue weighted by molar-refractivity contribution is 7.11. The van der Waals surface area contributed by atoms with Crippen LogP contribution in [0.15, 0.2) is 6.20 Å². The molecule has 1 aromatic rings. The Kier molecular flexibility index (Phi) is 5.18. The number of hydrogen-bond acceptors (Lipinski definition) is 4. The lowest BCUT2D eigenvalue weighted by Gasteiger charge is -2.39. The van der Waals surface area contributed by atoms with Crippen molar-refractivity contribution in [3.63, 3.8) is 0 Å². The van der Waals surface area contributed by atoms with Crippen molar-refractivity contribution in [1.29, 1.82) is 0 Å². The molecule has 0 amide bonds. The van der Waals surface area contributed by atoms with E-state index in [4.69, 9.17) is 0 Å². The van der Waals surface area contributed by atoms with Gasteiger partial charge in [-0.15, -0.1) is 23.7 Å². The molecule has 0 saturated carbocycles. The Balaban J connectivity index is 0.00000128. The molecule has 0 aromatic carbocycles. The van der Waals surface area contributed by atoms with Gasteiger partial charge in [0, 0.05) is 42.8 Å². The van der Waals surface area contributed by atoms with Crippen LogP contribution in [0.25, 0.3) is 0 Å². The highest BCUT2D eigenvalue weighted by atomic mass is 35.5. The molecule has 1 aliphatic heterocycles. The van der Waals surface area contributed by atoms with Gasteiger partial charge in [-0.05, 0) is 20.8 Å². The Morgan fingerprint density at radius 1 is 1.44 bits per heavy atom. The Bertz CT molecular complexity index is 319. The largest absolute Gasteiger partial charge is 0.314 e. The average Bonchev–Trinajstić information content (AvgIpc) is 2.58. The maximum Gasteiger partial charge on any atom is 0.0897 e. The zero-order valence-electron chi connectivity index (χ0n) is 10.1. The van der Waals surface area contributed by atoms with Crippen molar-refractivity contribution >= 4 is 23.7 Å². The van der Waals surface area contributed by atoms with E-state index in [1.54, 1.807) is 0 Å². The Morgan fingerprint density at radius 3 is 2.56 bits per heavy atom. The first-order valence-corrected chi connectivity index (χ1v) is 6.36. The molecular formula is C11H20ClN3S. The molecule has 0 bridgehead atoms. The van der Waals surface area contributed by atoms with Gasteiger partial charge in [-0.25, -0.2) is 4.98 Å².